The summed E-state index contributed by atoms with van der Waals surface area (Å²) in [6.07, 6.45) is -2.83. The highest BCUT2D eigenvalue weighted by molar-refractivity contribution is 5.78. The molecule has 0 saturated heterocycles. The van der Waals surface area contributed by atoms with E-state index in [0.29, 0.717) is 26.1 Å². The van der Waals surface area contributed by atoms with Gasteiger partial charge in [0.2, 0.25) is 5.91 Å². The van der Waals surface area contributed by atoms with Crippen molar-refractivity contribution in [1.82, 2.24) is 25.0 Å². The van der Waals surface area contributed by atoms with Gasteiger partial charge in [-0.05, 0) is 24.1 Å². The molecule has 1 aromatic heterocycles. The van der Waals surface area contributed by atoms with Crippen LogP contribution >= 0.6 is 0 Å². The summed E-state index contributed by atoms with van der Waals surface area (Å²) in [6.45, 7) is 6.94. The molecule has 3 rings (SSSR count). The Hall–Kier alpha value is -2.42. The molecule has 2 aromatic rings. The maximum Gasteiger partial charge on any atom is 0.416 e. The molecule has 1 amide bonds. The number of nitrogens with one attached hydrogen (secondary N) is 1. The van der Waals surface area contributed by atoms with E-state index >= 15 is 0 Å². The van der Waals surface area contributed by atoms with Crippen molar-refractivity contribution >= 4 is 5.91 Å². The zero-order valence-electron chi connectivity index (χ0n) is 16.7. The fourth-order valence-corrected chi connectivity index (χ4v) is 3.30. The Kier molecular flexibility index (Phi) is 6.56. The molecule has 1 aliphatic rings. The molecule has 0 radical (unpaired) electrons. The van der Waals surface area contributed by atoms with E-state index in [-0.39, 0.29) is 11.8 Å². The lowest BCUT2D eigenvalue weighted by Gasteiger charge is -2.20. The predicted molar refractivity (Wildman–Crippen MR) is 102 cm³/mol. The number of carbonyl (C=O) groups excluding carboxylic acids is 1. The summed E-state index contributed by atoms with van der Waals surface area (Å²) in [6, 6.07) is 5.31. The van der Waals surface area contributed by atoms with Crippen molar-refractivity contribution in [3.8, 4) is 0 Å². The molecule has 1 atom stereocenters. The second kappa shape index (κ2) is 8.94. The topological polar surface area (TPSA) is 63.1 Å². The van der Waals surface area contributed by atoms with Crippen LogP contribution in [0.4, 0.5) is 13.2 Å². The Morgan fingerprint density at radius 2 is 1.90 bits per heavy atom. The van der Waals surface area contributed by atoms with Crippen molar-refractivity contribution < 1.29 is 18.0 Å². The molecular weight excluding hydrogens is 383 g/mol. The van der Waals surface area contributed by atoms with E-state index in [1.165, 1.54) is 12.1 Å². The van der Waals surface area contributed by atoms with Crippen LogP contribution in [0.1, 0.15) is 43.0 Å². The van der Waals surface area contributed by atoms with Gasteiger partial charge in [0.1, 0.15) is 5.82 Å². The normalized spacial score (nSPS) is 16.2. The van der Waals surface area contributed by atoms with Gasteiger partial charge in [0.05, 0.1) is 12.1 Å². The highest BCUT2D eigenvalue weighted by Crippen LogP contribution is 2.29. The summed E-state index contributed by atoms with van der Waals surface area (Å²) in [4.78, 5) is 14.2. The van der Waals surface area contributed by atoms with E-state index in [4.69, 9.17) is 0 Å². The van der Waals surface area contributed by atoms with Gasteiger partial charge >= 0.3 is 6.18 Å². The first-order valence-electron chi connectivity index (χ1n) is 9.85. The van der Waals surface area contributed by atoms with Gasteiger partial charge in [-0.25, -0.2) is 0 Å². The van der Waals surface area contributed by atoms with Gasteiger partial charge in [0.15, 0.2) is 5.82 Å². The molecule has 2 heterocycles. The van der Waals surface area contributed by atoms with E-state index in [1.807, 2.05) is 18.4 Å². The summed E-state index contributed by atoms with van der Waals surface area (Å²) < 4.78 is 40.2. The van der Waals surface area contributed by atoms with Crippen LogP contribution in [0.15, 0.2) is 24.3 Å². The number of benzene rings is 1. The zero-order chi connectivity index (χ0) is 21.0. The van der Waals surface area contributed by atoms with Crippen molar-refractivity contribution in [3.63, 3.8) is 0 Å². The number of nitrogens with zero attached hydrogens (tertiary/aromatic N) is 4. The van der Waals surface area contributed by atoms with Crippen LogP contribution in [0, 0.1) is 5.92 Å². The third kappa shape index (κ3) is 5.35. The Bertz CT molecular complexity index is 832. The van der Waals surface area contributed by atoms with Crippen molar-refractivity contribution in [2.24, 2.45) is 5.92 Å². The average molecular weight is 409 g/mol. The number of fused-ring (bicyclic) bond motifs is 1. The lowest BCUT2D eigenvalue weighted by atomic mass is 10.1. The highest BCUT2D eigenvalue weighted by atomic mass is 19.4. The second-order valence-corrected chi connectivity index (χ2v) is 7.43. The summed E-state index contributed by atoms with van der Waals surface area (Å²) >= 11 is 0. The predicted octanol–water partition coefficient (Wildman–Crippen LogP) is 3.02. The summed E-state index contributed by atoms with van der Waals surface area (Å²) in [5.41, 5.74) is 0.212. The van der Waals surface area contributed by atoms with E-state index in [1.54, 1.807) is 0 Å². The first kappa shape index (κ1) is 21.3. The molecule has 6 nitrogen and oxygen atoms in total. The average Bonchev–Trinajstić information content (AvgIpc) is 2.97. The molecule has 29 heavy (non-hydrogen) atoms. The highest BCUT2D eigenvalue weighted by Gasteiger charge is 2.30. The number of amides is 1. The lowest BCUT2D eigenvalue weighted by molar-refractivity contribution is -0.137. The molecule has 0 aliphatic carbocycles. The smallest absolute Gasteiger partial charge is 0.349 e. The van der Waals surface area contributed by atoms with Crippen LogP contribution in [0.25, 0.3) is 0 Å². The number of carbonyl (C=O) groups is 1. The summed E-state index contributed by atoms with van der Waals surface area (Å²) in [5, 5.41) is 11.4. The van der Waals surface area contributed by atoms with Crippen molar-refractivity contribution in [2.45, 2.75) is 52.5 Å². The van der Waals surface area contributed by atoms with Crippen LogP contribution < -0.4 is 5.32 Å². The lowest BCUT2D eigenvalue weighted by Crippen LogP contribution is -2.30. The first-order chi connectivity index (χ1) is 13.8. The van der Waals surface area contributed by atoms with Crippen molar-refractivity contribution in [2.75, 3.05) is 13.1 Å². The standard InChI is InChI=1S/C20H26F3N5O/c1-3-14(2)19(29)24-12-18-26-25-17-8-9-27(10-11-28(17)18)13-15-4-6-16(7-5-15)20(21,22)23/h4-7,14H,3,8-13H2,1-2H3,(H,24,29). The minimum Gasteiger partial charge on any atom is -0.349 e. The molecule has 1 aliphatic heterocycles. The second-order valence-electron chi connectivity index (χ2n) is 7.43. The van der Waals surface area contributed by atoms with Crippen LogP contribution in [-0.4, -0.2) is 38.7 Å². The molecule has 0 bridgehead atoms. The van der Waals surface area contributed by atoms with Gasteiger partial charge in [0, 0.05) is 38.5 Å². The Morgan fingerprint density at radius 3 is 2.55 bits per heavy atom. The fraction of sp³-hybridized carbons (Fsp3) is 0.550. The monoisotopic (exact) mass is 409 g/mol. The van der Waals surface area contributed by atoms with Gasteiger partial charge in [0.25, 0.3) is 0 Å². The molecule has 9 heteroatoms. The molecule has 158 valence electrons. The zero-order valence-corrected chi connectivity index (χ0v) is 16.7. The number of aromatic nitrogens is 3. The number of rotatable bonds is 6. The van der Waals surface area contributed by atoms with Gasteiger partial charge in [-0.3, -0.25) is 9.69 Å². The van der Waals surface area contributed by atoms with Crippen molar-refractivity contribution in [3.05, 3.63) is 47.0 Å². The largest absolute Gasteiger partial charge is 0.416 e. The fourth-order valence-electron chi connectivity index (χ4n) is 3.30. The quantitative estimate of drug-likeness (QED) is 0.797. The van der Waals surface area contributed by atoms with Gasteiger partial charge < -0.3 is 9.88 Å². The molecule has 1 unspecified atom stereocenters. The van der Waals surface area contributed by atoms with E-state index < -0.39 is 11.7 Å². The van der Waals surface area contributed by atoms with Crippen LogP contribution in [-0.2, 0) is 37.0 Å². The van der Waals surface area contributed by atoms with Crippen LogP contribution in [0.3, 0.4) is 0 Å². The SMILES string of the molecule is CCC(C)C(=O)NCc1nnc2n1CCN(Cc1ccc(C(F)(F)F)cc1)CC2. The molecule has 1 N–H and O–H groups in total. The number of halogens is 3. The minimum absolute atomic E-state index is 0.00222. The first-order valence-corrected chi connectivity index (χ1v) is 9.85. The maximum absolute atomic E-state index is 12.7. The van der Waals surface area contributed by atoms with E-state index in [2.05, 4.69) is 20.4 Å². The molecule has 0 fully saturated rings. The summed E-state index contributed by atoms with van der Waals surface area (Å²) in [7, 11) is 0. The molecule has 0 saturated carbocycles. The molecule has 1 aromatic carbocycles. The Balaban J connectivity index is 1.58. The van der Waals surface area contributed by atoms with E-state index in [0.717, 1.165) is 48.9 Å². The van der Waals surface area contributed by atoms with Gasteiger partial charge in [-0.15, -0.1) is 10.2 Å². The van der Waals surface area contributed by atoms with Crippen LogP contribution in [0.2, 0.25) is 0 Å². The Morgan fingerprint density at radius 1 is 1.17 bits per heavy atom. The third-order valence-electron chi connectivity index (χ3n) is 5.36. The summed E-state index contributed by atoms with van der Waals surface area (Å²) in [5.74, 6) is 1.56. The van der Waals surface area contributed by atoms with Crippen molar-refractivity contribution in [1.29, 1.82) is 0 Å². The van der Waals surface area contributed by atoms with E-state index in [9.17, 15) is 18.0 Å². The number of alkyl halides is 3. The number of hydrogen-bond donors (Lipinski definition) is 1. The van der Waals surface area contributed by atoms with Crippen LogP contribution in [0.5, 0.6) is 0 Å². The maximum atomic E-state index is 12.7. The minimum atomic E-state index is -4.32. The molecular formula is C20H26F3N5O. The third-order valence-corrected chi connectivity index (χ3v) is 5.36. The van der Waals surface area contributed by atoms with Gasteiger partial charge in [-0.2, -0.15) is 13.2 Å². The van der Waals surface area contributed by atoms with Gasteiger partial charge in [-0.1, -0.05) is 26.0 Å². The molecule has 0 spiro atoms. The number of hydrogen-bond acceptors (Lipinski definition) is 4. The Labute approximate surface area is 168 Å².